The zero-order valence-corrected chi connectivity index (χ0v) is 7.02. The van der Waals surface area contributed by atoms with Crippen LogP contribution in [0.1, 0.15) is 20.7 Å². The van der Waals surface area contributed by atoms with Crippen molar-refractivity contribution in [2.45, 2.75) is 0 Å². The van der Waals surface area contributed by atoms with Gasteiger partial charge >= 0.3 is 5.97 Å². The minimum Gasteiger partial charge on any atom is -0.478 e. The number of amides is 1. The van der Waals surface area contributed by atoms with Gasteiger partial charge in [-0.15, -0.1) is 0 Å². The number of aromatic carboxylic acids is 1. The number of benzene rings is 1. The van der Waals surface area contributed by atoms with Gasteiger partial charge in [0.25, 0.3) is 5.91 Å². The second kappa shape index (κ2) is 3.75. The van der Waals surface area contributed by atoms with E-state index in [0.717, 1.165) is 0 Å². The molecule has 0 fully saturated rings. The van der Waals surface area contributed by atoms with Crippen molar-refractivity contribution in [2.75, 3.05) is 5.73 Å². The highest BCUT2D eigenvalue weighted by Gasteiger charge is 2.18. The number of hydrogen-bond donors (Lipinski definition) is 4. The fourth-order valence-corrected chi connectivity index (χ4v) is 1.06. The van der Waals surface area contributed by atoms with Gasteiger partial charge in [-0.1, -0.05) is 6.07 Å². The number of carbonyl (C=O) groups is 2. The zero-order valence-electron chi connectivity index (χ0n) is 7.02. The van der Waals surface area contributed by atoms with Gasteiger partial charge in [-0.3, -0.25) is 10.0 Å². The van der Waals surface area contributed by atoms with E-state index in [0.29, 0.717) is 0 Å². The molecule has 0 spiro atoms. The molecule has 0 aliphatic rings. The van der Waals surface area contributed by atoms with Crippen LogP contribution in [-0.4, -0.2) is 22.2 Å². The molecule has 6 heteroatoms. The molecule has 0 aromatic heterocycles. The smallest absolute Gasteiger partial charge is 0.338 e. The summed E-state index contributed by atoms with van der Waals surface area (Å²) in [5, 5.41) is 17.1. The van der Waals surface area contributed by atoms with Gasteiger partial charge < -0.3 is 10.8 Å². The predicted octanol–water partition coefficient (Wildman–Crippen LogP) is 0.0860. The largest absolute Gasteiger partial charge is 0.478 e. The van der Waals surface area contributed by atoms with Crippen molar-refractivity contribution < 1.29 is 19.9 Å². The molecular weight excluding hydrogens is 188 g/mol. The maximum atomic E-state index is 11.0. The molecule has 0 bridgehead atoms. The lowest BCUT2D eigenvalue weighted by molar-refractivity contribution is 0.0663. The Bertz CT molecular complexity index is 389. The van der Waals surface area contributed by atoms with Gasteiger partial charge in [-0.25, -0.2) is 10.3 Å². The highest BCUT2D eigenvalue weighted by atomic mass is 16.5. The van der Waals surface area contributed by atoms with Crippen LogP contribution in [0.4, 0.5) is 5.69 Å². The summed E-state index contributed by atoms with van der Waals surface area (Å²) in [6, 6.07) is 4.04. The van der Waals surface area contributed by atoms with Crippen molar-refractivity contribution in [1.29, 1.82) is 0 Å². The van der Waals surface area contributed by atoms with Gasteiger partial charge in [0.15, 0.2) is 0 Å². The van der Waals surface area contributed by atoms with Crippen LogP contribution in [0, 0.1) is 0 Å². The van der Waals surface area contributed by atoms with Crippen molar-refractivity contribution >= 4 is 17.6 Å². The van der Waals surface area contributed by atoms with Crippen molar-refractivity contribution in [1.82, 2.24) is 5.48 Å². The molecule has 0 aliphatic carbocycles. The Labute approximate surface area is 78.9 Å². The van der Waals surface area contributed by atoms with Crippen LogP contribution in [0.3, 0.4) is 0 Å². The van der Waals surface area contributed by atoms with Crippen LogP contribution in [0.2, 0.25) is 0 Å². The summed E-state index contributed by atoms with van der Waals surface area (Å²) in [6.45, 7) is 0. The molecule has 1 rings (SSSR count). The molecule has 74 valence electrons. The van der Waals surface area contributed by atoms with Crippen molar-refractivity contribution in [2.24, 2.45) is 0 Å². The van der Waals surface area contributed by atoms with Gasteiger partial charge in [-0.05, 0) is 12.1 Å². The number of nitrogens with two attached hydrogens (primary N) is 1. The second-order valence-corrected chi connectivity index (χ2v) is 2.52. The van der Waals surface area contributed by atoms with E-state index in [-0.39, 0.29) is 16.8 Å². The van der Waals surface area contributed by atoms with E-state index < -0.39 is 11.9 Å². The van der Waals surface area contributed by atoms with Crippen LogP contribution in [0.5, 0.6) is 0 Å². The third-order valence-corrected chi connectivity index (χ3v) is 1.66. The van der Waals surface area contributed by atoms with Gasteiger partial charge in [0, 0.05) is 5.69 Å². The highest BCUT2D eigenvalue weighted by molar-refractivity contribution is 6.07. The summed E-state index contributed by atoms with van der Waals surface area (Å²) in [5.74, 6) is -2.23. The second-order valence-electron chi connectivity index (χ2n) is 2.52. The van der Waals surface area contributed by atoms with E-state index in [1.807, 2.05) is 0 Å². The normalized spacial score (nSPS) is 9.50. The van der Waals surface area contributed by atoms with Crippen LogP contribution in [-0.2, 0) is 0 Å². The summed E-state index contributed by atoms with van der Waals surface area (Å²) < 4.78 is 0. The lowest BCUT2D eigenvalue weighted by Gasteiger charge is -2.05. The van der Waals surface area contributed by atoms with Crippen molar-refractivity contribution in [3.05, 3.63) is 29.3 Å². The number of hydrogen-bond acceptors (Lipinski definition) is 4. The summed E-state index contributed by atoms with van der Waals surface area (Å²) in [7, 11) is 0. The maximum Gasteiger partial charge on any atom is 0.338 e. The lowest BCUT2D eigenvalue weighted by atomic mass is 10.1. The average molecular weight is 196 g/mol. The quantitative estimate of drug-likeness (QED) is 0.304. The Morgan fingerprint density at radius 2 is 2.00 bits per heavy atom. The molecule has 0 heterocycles. The Kier molecular flexibility index (Phi) is 2.68. The van der Waals surface area contributed by atoms with E-state index in [1.165, 1.54) is 23.7 Å². The van der Waals surface area contributed by atoms with Crippen molar-refractivity contribution in [3.63, 3.8) is 0 Å². The fraction of sp³-hybridized carbons (Fsp3) is 0. The maximum absolute atomic E-state index is 11.0. The first-order valence-electron chi connectivity index (χ1n) is 3.64. The lowest BCUT2D eigenvalue weighted by Crippen LogP contribution is -2.22. The van der Waals surface area contributed by atoms with E-state index in [2.05, 4.69) is 0 Å². The molecule has 1 aromatic carbocycles. The van der Waals surface area contributed by atoms with E-state index in [9.17, 15) is 9.59 Å². The average Bonchev–Trinajstić information content (AvgIpc) is 2.15. The minimum atomic E-state index is -1.32. The molecule has 5 N–H and O–H groups in total. The van der Waals surface area contributed by atoms with E-state index in [4.69, 9.17) is 16.0 Å². The summed E-state index contributed by atoms with van der Waals surface area (Å²) in [6.07, 6.45) is 0. The molecule has 14 heavy (non-hydrogen) atoms. The number of carboxylic acid groups (broad SMARTS) is 1. The van der Waals surface area contributed by atoms with Gasteiger partial charge in [0.1, 0.15) is 0 Å². The van der Waals surface area contributed by atoms with E-state index >= 15 is 0 Å². The Balaban J connectivity index is 3.35. The monoisotopic (exact) mass is 196 g/mol. The van der Waals surface area contributed by atoms with E-state index in [1.54, 1.807) is 0 Å². The number of carboxylic acids is 1. The molecule has 0 saturated heterocycles. The summed E-state index contributed by atoms with van der Waals surface area (Å²) in [4.78, 5) is 21.7. The van der Waals surface area contributed by atoms with Crippen LogP contribution in [0.15, 0.2) is 18.2 Å². The Morgan fingerprint density at radius 1 is 1.36 bits per heavy atom. The molecule has 0 atom stereocenters. The summed E-state index contributed by atoms with van der Waals surface area (Å²) in [5.41, 5.74) is 6.19. The van der Waals surface area contributed by atoms with Crippen molar-refractivity contribution in [3.8, 4) is 0 Å². The molecule has 0 aliphatic heterocycles. The third kappa shape index (κ3) is 1.64. The highest BCUT2D eigenvalue weighted by Crippen LogP contribution is 2.16. The number of nitrogen functional groups attached to an aromatic ring is 1. The standard InChI is InChI=1S/C8H8N2O4/c9-5-3-1-2-4(7(11)10-14)6(5)8(12)13/h1-3,14H,9H2,(H,10,11)(H,12,13). The minimum absolute atomic E-state index is 0.0291. The van der Waals surface area contributed by atoms with Crippen LogP contribution < -0.4 is 11.2 Å². The Morgan fingerprint density at radius 3 is 2.50 bits per heavy atom. The first-order valence-corrected chi connectivity index (χ1v) is 3.64. The van der Waals surface area contributed by atoms with Crippen LogP contribution in [0.25, 0.3) is 0 Å². The molecule has 0 saturated carbocycles. The fourth-order valence-electron chi connectivity index (χ4n) is 1.06. The number of hydroxylamine groups is 1. The Hall–Kier alpha value is -2.08. The topological polar surface area (TPSA) is 113 Å². The molecule has 0 radical (unpaired) electrons. The first kappa shape index (κ1) is 10.0. The molecule has 1 amide bonds. The number of rotatable bonds is 2. The van der Waals surface area contributed by atoms with Crippen LogP contribution >= 0.6 is 0 Å². The zero-order chi connectivity index (χ0) is 10.7. The number of nitrogens with one attached hydrogen (secondary N) is 1. The predicted molar refractivity (Wildman–Crippen MR) is 47.1 cm³/mol. The third-order valence-electron chi connectivity index (χ3n) is 1.66. The molecule has 6 nitrogen and oxygen atoms in total. The molecule has 1 aromatic rings. The first-order chi connectivity index (χ1) is 6.57. The number of carbonyl (C=O) groups excluding carboxylic acids is 1. The van der Waals surface area contributed by atoms with Gasteiger partial charge in [0.2, 0.25) is 0 Å². The van der Waals surface area contributed by atoms with Gasteiger partial charge in [0.05, 0.1) is 11.1 Å². The summed E-state index contributed by atoms with van der Waals surface area (Å²) >= 11 is 0. The molecule has 0 unspecified atom stereocenters. The SMILES string of the molecule is Nc1cccc(C(=O)NO)c1C(=O)O. The molecular formula is C8H8N2O4. The number of anilines is 1. The van der Waals surface area contributed by atoms with Gasteiger partial charge in [-0.2, -0.15) is 0 Å².